The first-order valence-corrected chi connectivity index (χ1v) is 6.84. The van der Waals surface area contributed by atoms with Crippen molar-refractivity contribution in [1.29, 1.82) is 0 Å². The van der Waals surface area contributed by atoms with Gasteiger partial charge in [-0.2, -0.15) is 0 Å². The van der Waals surface area contributed by atoms with Gasteiger partial charge in [-0.1, -0.05) is 17.3 Å². The largest absolute Gasteiger partial charge is 0.360 e. The number of pyridine rings is 1. The zero-order valence-corrected chi connectivity index (χ0v) is 12.2. The Kier molecular flexibility index (Phi) is 4.01. The number of aryl methyl sites for hydroxylation is 1. The summed E-state index contributed by atoms with van der Waals surface area (Å²) >= 11 is 0. The molecule has 3 aromatic rings. The van der Waals surface area contributed by atoms with Crippen molar-refractivity contribution in [1.82, 2.24) is 10.1 Å². The van der Waals surface area contributed by atoms with Crippen molar-refractivity contribution in [2.24, 2.45) is 0 Å². The monoisotopic (exact) mass is 312 g/mol. The molecule has 116 valence electrons. The highest BCUT2D eigenvalue weighted by Gasteiger charge is 2.10. The Bertz CT molecular complexity index is 830. The second-order valence-corrected chi connectivity index (χ2v) is 4.81. The van der Waals surface area contributed by atoms with Crippen LogP contribution in [0.2, 0.25) is 0 Å². The van der Waals surface area contributed by atoms with Gasteiger partial charge in [-0.15, -0.1) is 0 Å². The Morgan fingerprint density at radius 1 is 1.22 bits per heavy atom. The fourth-order valence-electron chi connectivity index (χ4n) is 1.92. The van der Waals surface area contributed by atoms with Gasteiger partial charge in [0.2, 0.25) is 0 Å². The van der Waals surface area contributed by atoms with E-state index < -0.39 is 11.7 Å². The predicted octanol–water partition coefficient (Wildman–Crippen LogP) is 3.51. The molecule has 1 aromatic carbocycles. The molecule has 0 radical (unpaired) electrons. The molecule has 0 saturated heterocycles. The lowest BCUT2D eigenvalue weighted by molar-refractivity contribution is 0.102. The molecular weight excluding hydrogens is 299 g/mol. The molecule has 0 spiro atoms. The van der Waals surface area contributed by atoms with Crippen LogP contribution in [0.1, 0.15) is 16.2 Å². The molecule has 0 aliphatic rings. The van der Waals surface area contributed by atoms with Crippen molar-refractivity contribution in [2.75, 3.05) is 10.6 Å². The van der Waals surface area contributed by atoms with Crippen LogP contribution in [0.25, 0.3) is 0 Å². The van der Waals surface area contributed by atoms with Gasteiger partial charge in [-0.3, -0.25) is 4.79 Å². The quantitative estimate of drug-likeness (QED) is 0.770. The van der Waals surface area contributed by atoms with Crippen molar-refractivity contribution < 1.29 is 13.7 Å². The van der Waals surface area contributed by atoms with Crippen molar-refractivity contribution in [3.05, 3.63) is 65.9 Å². The molecule has 2 N–H and O–H groups in total. The maximum absolute atomic E-state index is 13.5. The second kappa shape index (κ2) is 6.27. The van der Waals surface area contributed by atoms with Gasteiger partial charge >= 0.3 is 0 Å². The molecule has 1 amide bonds. The number of amides is 1. The van der Waals surface area contributed by atoms with E-state index in [0.717, 1.165) is 0 Å². The maximum atomic E-state index is 13.5. The van der Waals surface area contributed by atoms with E-state index in [0.29, 0.717) is 17.3 Å². The molecule has 0 unspecified atom stereocenters. The van der Waals surface area contributed by atoms with E-state index in [9.17, 15) is 9.18 Å². The molecule has 0 bridgehead atoms. The number of nitrogens with zero attached hydrogens (tertiary/aromatic N) is 2. The molecule has 6 nitrogen and oxygen atoms in total. The summed E-state index contributed by atoms with van der Waals surface area (Å²) in [5, 5.41) is 9.26. The number of benzene rings is 1. The molecular formula is C16H13FN4O2. The number of carbonyl (C=O) groups excluding carboxylic acids is 1. The number of para-hydroxylation sites is 1. The molecule has 0 aliphatic carbocycles. The lowest BCUT2D eigenvalue weighted by atomic mass is 10.2. The standard InChI is InChI=1S/C16H13FN4O2/c1-10-8-15(21-23-10)19-11-6-7-14(18-9-11)16(22)20-13-5-3-2-4-12(13)17/h2-9H,1H3,(H,19,21)(H,20,22). The number of aromatic nitrogens is 2. The zero-order chi connectivity index (χ0) is 16.2. The highest BCUT2D eigenvalue weighted by Crippen LogP contribution is 2.17. The third-order valence-corrected chi connectivity index (χ3v) is 3.02. The van der Waals surface area contributed by atoms with Gasteiger partial charge in [0.15, 0.2) is 5.82 Å². The fourth-order valence-corrected chi connectivity index (χ4v) is 1.92. The van der Waals surface area contributed by atoms with Crippen LogP contribution in [0, 0.1) is 12.7 Å². The zero-order valence-electron chi connectivity index (χ0n) is 12.2. The van der Waals surface area contributed by atoms with Crippen LogP contribution in [0.15, 0.2) is 53.2 Å². The van der Waals surface area contributed by atoms with Crippen molar-refractivity contribution >= 4 is 23.1 Å². The second-order valence-electron chi connectivity index (χ2n) is 4.81. The van der Waals surface area contributed by atoms with Crippen LogP contribution < -0.4 is 10.6 Å². The minimum Gasteiger partial charge on any atom is -0.360 e. The van der Waals surface area contributed by atoms with E-state index in [1.807, 2.05) is 0 Å². The number of rotatable bonds is 4. The van der Waals surface area contributed by atoms with Crippen LogP contribution in [-0.4, -0.2) is 16.0 Å². The topological polar surface area (TPSA) is 80.0 Å². The van der Waals surface area contributed by atoms with Crippen molar-refractivity contribution in [3.63, 3.8) is 0 Å². The minimum absolute atomic E-state index is 0.111. The van der Waals surface area contributed by atoms with Crippen LogP contribution in [-0.2, 0) is 0 Å². The lowest BCUT2D eigenvalue weighted by Gasteiger charge is -2.06. The number of hydrogen-bond donors (Lipinski definition) is 2. The van der Waals surface area contributed by atoms with E-state index in [1.54, 1.807) is 31.2 Å². The number of anilines is 3. The van der Waals surface area contributed by atoms with Gasteiger partial charge in [0.1, 0.15) is 17.3 Å². The van der Waals surface area contributed by atoms with Gasteiger partial charge < -0.3 is 15.2 Å². The molecule has 0 aliphatic heterocycles. The molecule has 23 heavy (non-hydrogen) atoms. The smallest absolute Gasteiger partial charge is 0.274 e. The SMILES string of the molecule is Cc1cc(Nc2ccc(C(=O)Nc3ccccc3F)nc2)no1. The summed E-state index contributed by atoms with van der Waals surface area (Å²) in [7, 11) is 0. The van der Waals surface area contributed by atoms with Gasteiger partial charge in [0.05, 0.1) is 17.6 Å². The third kappa shape index (κ3) is 3.52. The average molecular weight is 312 g/mol. The number of carbonyl (C=O) groups is 1. The van der Waals surface area contributed by atoms with Crippen LogP contribution in [0.4, 0.5) is 21.6 Å². The van der Waals surface area contributed by atoms with Crippen LogP contribution >= 0.6 is 0 Å². The van der Waals surface area contributed by atoms with Crippen molar-refractivity contribution in [2.45, 2.75) is 6.92 Å². The minimum atomic E-state index is -0.500. The normalized spacial score (nSPS) is 10.3. The number of halogens is 1. The molecule has 7 heteroatoms. The van der Waals surface area contributed by atoms with Gasteiger partial charge in [0, 0.05) is 6.07 Å². The molecule has 0 atom stereocenters. The first kappa shape index (κ1) is 14.7. The number of hydrogen-bond acceptors (Lipinski definition) is 5. The van der Waals surface area contributed by atoms with E-state index in [1.165, 1.54) is 24.4 Å². The number of nitrogens with one attached hydrogen (secondary N) is 2. The first-order valence-electron chi connectivity index (χ1n) is 6.84. The Balaban J connectivity index is 1.69. The van der Waals surface area contributed by atoms with E-state index >= 15 is 0 Å². The van der Waals surface area contributed by atoms with Crippen LogP contribution in [0.5, 0.6) is 0 Å². The summed E-state index contributed by atoms with van der Waals surface area (Å²) in [6.45, 7) is 1.78. The van der Waals surface area contributed by atoms with E-state index in [-0.39, 0.29) is 11.4 Å². The van der Waals surface area contributed by atoms with E-state index in [4.69, 9.17) is 4.52 Å². The molecule has 2 aromatic heterocycles. The molecule has 2 heterocycles. The Labute approximate surface area is 131 Å². The Morgan fingerprint density at radius 2 is 2.04 bits per heavy atom. The van der Waals surface area contributed by atoms with E-state index in [2.05, 4.69) is 20.8 Å². The highest BCUT2D eigenvalue weighted by atomic mass is 19.1. The summed E-state index contributed by atoms with van der Waals surface area (Å²) < 4.78 is 18.5. The summed E-state index contributed by atoms with van der Waals surface area (Å²) in [4.78, 5) is 16.1. The third-order valence-electron chi connectivity index (χ3n) is 3.02. The van der Waals surface area contributed by atoms with Gasteiger partial charge in [0.25, 0.3) is 5.91 Å². The van der Waals surface area contributed by atoms with Crippen LogP contribution in [0.3, 0.4) is 0 Å². The predicted molar refractivity (Wildman–Crippen MR) is 83.1 cm³/mol. The highest BCUT2D eigenvalue weighted by molar-refractivity contribution is 6.03. The Hall–Kier alpha value is -3.22. The maximum Gasteiger partial charge on any atom is 0.274 e. The van der Waals surface area contributed by atoms with Gasteiger partial charge in [-0.05, 0) is 31.2 Å². The average Bonchev–Trinajstić information content (AvgIpc) is 2.95. The first-order chi connectivity index (χ1) is 11.1. The summed E-state index contributed by atoms with van der Waals surface area (Å²) in [5.41, 5.74) is 0.940. The Morgan fingerprint density at radius 3 is 2.70 bits per heavy atom. The lowest BCUT2D eigenvalue weighted by Crippen LogP contribution is -2.14. The van der Waals surface area contributed by atoms with Crippen molar-refractivity contribution in [3.8, 4) is 0 Å². The summed E-state index contributed by atoms with van der Waals surface area (Å²) in [5.74, 6) is 0.244. The summed E-state index contributed by atoms with van der Waals surface area (Å²) in [6.07, 6.45) is 1.49. The fraction of sp³-hybridized carbons (Fsp3) is 0.0625. The molecule has 0 fully saturated rings. The van der Waals surface area contributed by atoms with Gasteiger partial charge in [-0.25, -0.2) is 9.37 Å². The molecule has 0 saturated carbocycles. The molecule has 3 rings (SSSR count). The summed E-state index contributed by atoms with van der Waals surface area (Å²) in [6, 6.07) is 10.9.